The number of benzene rings is 1. The fourth-order valence-electron chi connectivity index (χ4n) is 2.42. The van der Waals surface area contributed by atoms with E-state index in [9.17, 15) is 9.59 Å². The minimum absolute atomic E-state index is 0.0577. The maximum Gasteiger partial charge on any atom is 0.232 e. The molecule has 1 aliphatic rings. The second kappa shape index (κ2) is 6.15. The Morgan fingerprint density at radius 1 is 1.45 bits per heavy atom. The average Bonchev–Trinajstić information content (AvgIpc) is 3.12. The van der Waals surface area contributed by atoms with E-state index in [1.165, 1.54) is 6.33 Å². The molecule has 1 aromatic carbocycles. The molecule has 1 fully saturated rings. The minimum atomic E-state index is -0.403. The van der Waals surface area contributed by atoms with Crippen LogP contribution in [0.15, 0.2) is 30.6 Å². The summed E-state index contributed by atoms with van der Waals surface area (Å²) < 4.78 is 0. The van der Waals surface area contributed by atoms with Crippen LogP contribution >= 0.6 is 11.6 Å². The van der Waals surface area contributed by atoms with Gasteiger partial charge in [0.1, 0.15) is 6.33 Å². The molecule has 114 valence electrons. The Balaban J connectivity index is 1.63. The Bertz CT molecular complexity index is 688. The fraction of sp³-hybridized carbons (Fsp3) is 0.286. The molecule has 2 amide bonds. The molecule has 0 saturated carbocycles. The van der Waals surface area contributed by atoms with Crippen LogP contribution in [0.25, 0.3) is 0 Å². The summed E-state index contributed by atoms with van der Waals surface area (Å²) in [4.78, 5) is 29.7. The predicted molar refractivity (Wildman–Crippen MR) is 80.0 cm³/mol. The van der Waals surface area contributed by atoms with Crippen molar-refractivity contribution in [3.8, 4) is 0 Å². The number of rotatable bonds is 4. The Morgan fingerprint density at radius 2 is 2.27 bits per heavy atom. The summed E-state index contributed by atoms with van der Waals surface area (Å²) in [5.74, 6) is -0.425. The molecule has 0 radical (unpaired) electrons. The highest BCUT2D eigenvalue weighted by molar-refractivity contribution is 6.31. The van der Waals surface area contributed by atoms with Crippen molar-refractivity contribution >= 4 is 29.4 Å². The van der Waals surface area contributed by atoms with Crippen LogP contribution in [-0.4, -0.2) is 38.4 Å². The topological polar surface area (TPSA) is 91.0 Å². The molecule has 3 rings (SSSR count). The van der Waals surface area contributed by atoms with E-state index >= 15 is 0 Å². The second-order valence-electron chi connectivity index (χ2n) is 5.09. The maximum absolute atomic E-state index is 12.1. The first-order valence-electron chi connectivity index (χ1n) is 6.81. The highest BCUT2D eigenvalue weighted by atomic mass is 35.5. The van der Waals surface area contributed by atoms with Gasteiger partial charge in [-0.15, -0.1) is 0 Å². The summed E-state index contributed by atoms with van der Waals surface area (Å²) in [6.45, 7) is 0.772. The fourth-order valence-corrected chi connectivity index (χ4v) is 2.61. The molecule has 2 aromatic rings. The van der Waals surface area contributed by atoms with Gasteiger partial charge in [0.2, 0.25) is 17.8 Å². The monoisotopic (exact) mass is 319 g/mol. The standard InChI is InChI=1S/C14H14ClN5O2/c15-11-4-2-1-3-9(11)6-20-7-10(5-12(20)21)13(22)18-14-16-8-17-19-14/h1-4,8,10H,5-7H2,(H2,16,17,18,19,22)/t10-/m0/s1. The molecule has 0 spiro atoms. The Morgan fingerprint density at radius 3 is 3.00 bits per heavy atom. The molecule has 1 aromatic heterocycles. The van der Waals surface area contributed by atoms with E-state index in [1.807, 2.05) is 18.2 Å². The summed E-state index contributed by atoms with van der Waals surface area (Å²) in [6.07, 6.45) is 1.49. The first-order chi connectivity index (χ1) is 10.6. The lowest BCUT2D eigenvalue weighted by Crippen LogP contribution is -2.28. The molecule has 0 unspecified atom stereocenters. The van der Waals surface area contributed by atoms with Gasteiger partial charge in [0, 0.05) is 24.5 Å². The summed E-state index contributed by atoms with van der Waals surface area (Å²) in [5.41, 5.74) is 0.869. The Kier molecular flexibility index (Phi) is 4.06. The number of nitrogens with zero attached hydrogens (tertiary/aromatic N) is 3. The quantitative estimate of drug-likeness (QED) is 0.892. The van der Waals surface area contributed by atoms with Crippen molar-refractivity contribution in [1.29, 1.82) is 0 Å². The molecule has 1 atom stereocenters. The van der Waals surface area contributed by atoms with Crippen molar-refractivity contribution in [3.63, 3.8) is 0 Å². The number of hydrogen-bond donors (Lipinski definition) is 2. The summed E-state index contributed by atoms with van der Waals surface area (Å²) in [5, 5.41) is 9.43. The van der Waals surface area contributed by atoms with E-state index in [1.54, 1.807) is 11.0 Å². The molecular formula is C14H14ClN5O2. The Labute approximate surface area is 131 Å². The largest absolute Gasteiger partial charge is 0.337 e. The number of nitrogens with one attached hydrogen (secondary N) is 2. The van der Waals surface area contributed by atoms with E-state index in [4.69, 9.17) is 11.6 Å². The zero-order chi connectivity index (χ0) is 15.5. The van der Waals surface area contributed by atoms with Crippen LogP contribution in [0.4, 0.5) is 5.95 Å². The Hall–Kier alpha value is -2.41. The number of aromatic nitrogens is 3. The third-order valence-electron chi connectivity index (χ3n) is 3.56. The smallest absolute Gasteiger partial charge is 0.232 e. The van der Waals surface area contributed by atoms with Gasteiger partial charge in [0.05, 0.1) is 5.92 Å². The number of carbonyl (C=O) groups excluding carboxylic acids is 2. The van der Waals surface area contributed by atoms with Crippen LogP contribution in [0.3, 0.4) is 0 Å². The van der Waals surface area contributed by atoms with E-state index in [0.717, 1.165) is 5.56 Å². The van der Waals surface area contributed by atoms with Gasteiger partial charge in [-0.1, -0.05) is 29.8 Å². The van der Waals surface area contributed by atoms with Gasteiger partial charge in [-0.3, -0.25) is 14.9 Å². The molecule has 2 N–H and O–H groups in total. The van der Waals surface area contributed by atoms with Gasteiger partial charge in [-0.25, -0.2) is 5.10 Å². The molecule has 1 saturated heterocycles. The van der Waals surface area contributed by atoms with E-state index in [-0.39, 0.29) is 24.2 Å². The van der Waals surface area contributed by atoms with Crippen LogP contribution in [0, 0.1) is 5.92 Å². The van der Waals surface area contributed by atoms with Crippen LogP contribution in [0.1, 0.15) is 12.0 Å². The second-order valence-corrected chi connectivity index (χ2v) is 5.50. The lowest BCUT2D eigenvalue weighted by molar-refractivity contribution is -0.128. The zero-order valence-electron chi connectivity index (χ0n) is 11.6. The van der Waals surface area contributed by atoms with Gasteiger partial charge in [0.25, 0.3) is 0 Å². The molecule has 8 heteroatoms. The number of anilines is 1. The molecule has 0 bridgehead atoms. The van der Waals surface area contributed by atoms with Crippen molar-refractivity contribution in [1.82, 2.24) is 20.1 Å². The first kappa shape index (κ1) is 14.5. The van der Waals surface area contributed by atoms with Gasteiger partial charge < -0.3 is 4.90 Å². The van der Waals surface area contributed by atoms with E-state index in [2.05, 4.69) is 20.5 Å². The highest BCUT2D eigenvalue weighted by Crippen LogP contribution is 2.24. The normalized spacial score (nSPS) is 17.8. The van der Waals surface area contributed by atoms with Gasteiger partial charge >= 0.3 is 0 Å². The van der Waals surface area contributed by atoms with E-state index in [0.29, 0.717) is 18.1 Å². The molecule has 2 heterocycles. The van der Waals surface area contributed by atoms with Crippen LogP contribution in [0.2, 0.25) is 5.02 Å². The third-order valence-corrected chi connectivity index (χ3v) is 3.93. The number of likely N-dealkylation sites (tertiary alicyclic amines) is 1. The van der Waals surface area contributed by atoms with Crippen molar-refractivity contribution in [2.45, 2.75) is 13.0 Å². The van der Waals surface area contributed by atoms with Crippen molar-refractivity contribution in [2.75, 3.05) is 11.9 Å². The summed E-state index contributed by atoms with van der Waals surface area (Å²) >= 11 is 6.11. The number of halogens is 1. The number of aromatic amines is 1. The van der Waals surface area contributed by atoms with Crippen molar-refractivity contribution < 1.29 is 9.59 Å². The van der Waals surface area contributed by atoms with E-state index < -0.39 is 5.92 Å². The lowest BCUT2D eigenvalue weighted by atomic mass is 10.1. The van der Waals surface area contributed by atoms with Gasteiger partial charge in [-0.05, 0) is 11.6 Å². The average molecular weight is 320 g/mol. The summed E-state index contributed by atoms with van der Waals surface area (Å²) in [6, 6.07) is 7.37. The van der Waals surface area contributed by atoms with Gasteiger partial charge in [-0.2, -0.15) is 10.1 Å². The number of carbonyl (C=O) groups is 2. The predicted octanol–water partition coefficient (Wildman–Crippen LogP) is 1.45. The minimum Gasteiger partial charge on any atom is -0.337 e. The number of amides is 2. The highest BCUT2D eigenvalue weighted by Gasteiger charge is 2.34. The maximum atomic E-state index is 12.1. The number of H-pyrrole nitrogens is 1. The molecule has 22 heavy (non-hydrogen) atoms. The van der Waals surface area contributed by atoms with Crippen LogP contribution in [-0.2, 0) is 16.1 Å². The third kappa shape index (κ3) is 3.09. The van der Waals surface area contributed by atoms with Crippen LogP contribution in [0.5, 0.6) is 0 Å². The summed E-state index contributed by atoms with van der Waals surface area (Å²) in [7, 11) is 0. The van der Waals surface area contributed by atoms with Crippen LogP contribution < -0.4 is 5.32 Å². The lowest BCUT2D eigenvalue weighted by Gasteiger charge is -2.17. The number of hydrogen-bond acceptors (Lipinski definition) is 4. The van der Waals surface area contributed by atoms with Gasteiger partial charge in [0.15, 0.2) is 0 Å². The van der Waals surface area contributed by atoms with Crippen molar-refractivity contribution in [2.24, 2.45) is 5.92 Å². The zero-order valence-corrected chi connectivity index (χ0v) is 12.4. The molecule has 1 aliphatic heterocycles. The molecule has 0 aliphatic carbocycles. The molecule has 7 nitrogen and oxygen atoms in total. The SMILES string of the molecule is O=C(Nc1ncn[nH]1)[C@H]1CC(=O)N(Cc2ccccc2Cl)C1. The first-order valence-corrected chi connectivity index (χ1v) is 7.18. The van der Waals surface area contributed by atoms with Crippen molar-refractivity contribution in [3.05, 3.63) is 41.2 Å². The molecular weight excluding hydrogens is 306 g/mol.